The number of carbonyl (C=O) groups is 6. The summed E-state index contributed by atoms with van der Waals surface area (Å²) in [4.78, 5) is 79.7. The number of nitrogens with zero attached hydrogens (tertiary/aromatic N) is 1. The summed E-state index contributed by atoms with van der Waals surface area (Å²) in [5, 5.41) is 64.1. The van der Waals surface area contributed by atoms with E-state index in [1.54, 1.807) is 110 Å². The molecule has 0 aromatic carbocycles. The number of aliphatic hydroxyl groups excluding tert-OH is 3. The Morgan fingerprint density at radius 2 is 1.11 bits per heavy atom. The van der Waals surface area contributed by atoms with Crippen LogP contribution in [0.3, 0.4) is 0 Å². The average molecular weight is 1130 g/mol. The van der Waals surface area contributed by atoms with Gasteiger partial charge in [0.2, 0.25) is 12.2 Å². The predicted octanol–water partition coefficient (Wildman–Crippen LogP) is 3.69. The van der Waals surface area contributed by atoms with Crippen LogP contribution in [0.5, 0.6) is 0 Å². The lowest BCUT2D eigenvalue weighted by molar-refractivity contribution is -0.311. The Morgan fingerprint density at radius 1 is 0.646 bits per heavy atom. The van der Waals surface area contributed by atoms with Gasteiger partial charge in [-0.2, -0.15) is 0 Å². The lowest BCUT2D eigenvalue weighted by Crippen LogP contribution is -2.71. The Morgan fingerprint density at radius 3 is 1.65 bits per heavy atom. The number of ether oxygens (including phenoxy) is 9. The van der Waals surface area contributed by atoms with Gasteiger partial charge in [0.05, 0.1) is 37.3 Å². The first-order valence-corrected chi connectivity index (χ1v) is 27.1. The van der Waals surface area contributed by atoms with E-state index in [4.69, 9.17) is 42.6 Å². The summed E-state index contributed by atoms with van der Waals surface area (Å²) in [5.74, 6) is -0.584. The molecule has 0 unspecified atom stereocenters. The highest BCUT2D eigenvalue weighted by atomic mass is 16.7. The molecule has 3 aliphatic rings. The van der Waals surface area contributed by atoms with Crippen LogP contribution in [0.15, 0.2) is 11.8 Å². The van der Waals surface area contributed by atoms with E-state index < -0.39 is 144 Å². The van der Waals surface area contributed by atoms with Crippen LogP contribution in [0.4, 0.5) is 24.0 Å². The first kappa shape index (κ1) is 68.3. The van der Waals surface area contributed by atoms with Gasteiger partial charge >= 0.3 is 30.5 Å². The summed E-state index contributed by atoms with van der Waals surface area (Å²) in [7, 11) is 1.31. The monoisotopic (exact) mass is 1130 g/mol. The number of unbranched alkanes of at least 4 members (excludes halogenated alkanes) is 2. The molecule has 79 heavy (non-hydrogen) atoms. The van der Waals surface area contributed by atoms with E-state index in [9.17, 15) is 49.2 Å². The Balaban J connectivity index is 2.03. The molecule has 10 N–H and O–H groups in total. The molecular weight excluding hydrogens is 1040 g/mol. The molecule has 6 amide bonds. The van der Waals surface area contributed by atoms with Crippen molar-refractivity contribution in [3.05, 3.63) is 11.8 Å². The second-order valence-corrected chi connectivity index (χ2v) is 25.4. The van der Waals surface area contributed by atoms with Gasteiger partial charge in [0, 0.05) is 20.1 Å². The zero-order valence-electron chi connectivity index (χ0n) is 49.6. The van der Waals surface area contributed by atoms with Gasteiger partial charge in [-0.05, 0) is 156 Å². The van der Waals surface area contributed by atoms with E-state index in [-0.39, 0.29) is 32.4 Å². The van der Waals surface area contributed by atoms with E-state index in [1.165, 1.54) is 14.0 Å². The van der Waals surface area contributed by atoms with Crippen LogP contribution in [-0.2, 0) is 47.4 Å². The van der Waals surface area contributed by atoms with Crippen molar-refractivity contribution in [2.75, 3.05) is 39.8 Å². The number of hydrogen-bond acceptors (Lipinski definition) is 20. The van der Waals surface area contributed by atoms with Gasteiger partial charge < -0.3 is 99.9 Å². The van der Waals surface area contributed by atoms with Crippen molar-refractivity contribution in [1.29, 1.82) is 0 Å². The van der Waals surface area contributed by atoms with E-state index in [2.05, 4.69) is 31.9 Å². The van der Waals surface area contributed by atoms with Crippen molar-refractivity contribution in [1.82, 2.24) is 36.8 Å². The van der Waals surface area contributed by atoms with Gasteiger partial charge in [0.25, 0.3) is 0 Å². The lowest BCUT2D eigenvalue weighted by atomic mass is 9.82. The highest BCUT2D eigenvalue weighted by Gasteiger charge is 2.55. The molecule has 0 aromatic rings. The first-order chi connectivity index (χ1) is 36.1. The van der Waals surface area contributed by atoms with Crippen molar-refractivity contribution in [2.45, 2.75) is 250 Å². The quantitative estimate of drug-likeness (QED) is 0.0614. The average Bonchev–Trinajstić information content (AvgIpc) is 3.25. The van der Waals surface area contributed by atoms with Crippen molar-refractivity contribution >= 4 is 36.4 Å². The number of aliphatic hydroxyl groups is 4. The number of hydrogen-bond donors (Lipinski definition) is 10. The van der Waals surface area contributed by atoms with E-state index in [0.29, 0.717) is 25.3 Å². The van der Waals surface area contributed by atoms with Crippen LogP contribution in [0.1, 0.15) is 149 Å². The third-order valence-corrected chi connectivity index (χ3v) is 11.7. The normalized spacial score (nSPS) is 27.1. The molecular formula is C53H95N7O19. The molecule has 1 saturated carbocycles. The second kappa shape index (κ2) is 28.6. The standard InChI is InChI=1S/C53H95N7O19/c1-48(2,3)75-43(65)55-25-20-18-19-24-54-28-30-21-22-31(58-45(67)77-50(7,8)9)41(72-30)73-38-33(59-46(68)78-51(10,11)12)27-32(57-40(64)34(61)23-26-56-44(66)76-49(4,5)6)37(35(38)62)74-42-36(63)39(53(16,70)29-71-42)60(17)47(69)79-52(13,14)15/h21,31-39,41-42,54,61-63,70H,18-20,22-29H2,1-17H3,(H,55,65)(H,56,66)(H,57,64)(H,58,67)(H,59,68)/t31-,32-,33+,34+,35-,36-,37+,38-,39-,41-,42-,53+/m1/s1. The smallest absolute Gasteiger partial charge is 0.410 e. The predicted molar refractivity (Wildman–Crippen MR) is 286 cm³/mol. The summed E-state index contributed by atoms with van der Waals surface area (Å²) < 4.78 is 52.7. The largest absolute Gasteiger partial charge is 0.466 e. The van der Waals surface area contributed by atoms with Crippen LogP contribution < -0.4 is 31.9 Å². The van der Waals surface area contributed by atoms with Gasteiger partial charge in [0.1, 0.15) is 69.9 Å². The van der Waals surface area contributed by atoms with Crippen LogP contribution >= 0.6 is 0 Å². The maximum atomic E-state index is 13.9. The van der Waals surface area contributed by atoms with Crippen LogP contribution in [-0.4, -0.2) is 202 Å². The molecule has 26 heteroatoms. The molecule has 1 aliphatic carbocycles. The molecule has 2 fully saturated rings. The highest BCUT2D eigenvalue weighted by Crippen LogP contribution is 2.35. The molecule has 0 spiro atoms. The van der Waals surface area contributed by atoms with Gasteiger partial charge in [-0.15, -0.1) is 0 Å². The maximum Gasteiger partial charge on any atom is 0.410 e. The van der Waals surface area contributed by atoms with E-state index in [0.717, 1.165) is 17.7 Å². The topological polar surface area (TPSA) is 342 Å². The van der Waals surface area contributed by atoms with Crippen LogP contribution in [0, 0.1) is 0 Å². The van der Waals surface area contributed by atoms with Gasteiger partial charge in [-0.3, -0.25) is 4.79 Å². The minimum absolute atomic E-state index is 0.137. The molecule has 12 atom stereocenters. The summed E-state index contributed by atoms with van der Waals surface area (Å²) in [6, 6.07) is -5.03. The van der Waals surface area contributed by atoms with E-state index >= 15 is 0 Å². The van der Waals surface area contributed by atoms with Crippen LogP contribution in [0.25, 0.3) is 0 Å². The Hall–Kier alpha value is -4.96. The Bertz CT molecular complexity index is 2040. The van der Waals surface area contributed by atoms with E-state index in [1.807, 2.05) is 0 Å². The van der Waals surface area contributed by atoms with Gasteiger partial charge in [-0.1, -0.05) is 6.42 Å². The SMILES string of the molecule is CN(C(=O)OC(C)(C)C)[C@@H]1[C@@H](O)[C@@H](O[C@@H]2[C@@H](O)[C@H](O[C@H]3OC(CNCCCCCNC(=O)OC(C)(C)C)=CC[C@H]3NC(=O)OC(C)(C)C)[C@@H](NC(=O)OC(C)(C)C)C[C@H]2NC(=O)[C@@H](O)CCNC(=O)OC(C)(C)C)OC[C@]1(C)O. The minimum atomic E-state index is -1.91. The molecule has 2 aliphatic heterocycles. The molecule has 0 radical (unpaired) electrons. The molecule has 0 bridgehead atoms. The summed E-state index contributed by atoms with van der Waals surface area (Å²) in [6.45, 7) is 27.1. The molecule has 456 valence electrons. The van der Waals surface area contributed by atoms with Crippen molar-refractivity contribution in [3.8, 4) is 0 Å². The zero-order chi connectivity index (χ0) is 60.1. The van der Waals surface area contributed by atoms with Gasteiger partial charge in [0.15, 0.2) is 6.29 Å². The third kappa shape index (κ3) is 24.7. The Kier molecular flexibility index (Phi) is 24.8. The number of rotatable bonds is 20. The highest BCUT2D eigenvalue weighted by molar-refractivity contribution is 5.81. The molecule has 3 rings (SSSR count). The summed E-state index contributed by atoms with van der Waals surface area (Å²) >= 11 is 0. The molecule has 0 aromatic heterocycles. The molecule has 2 heterocycles. The fourth-order valence-electron chi connectivity index (χ4n) is 8.55. The fraction of sp³-hybridized carbons (Fsp3) is 0.849. The minimum Gasteiger partial charge on any atom is -0.466 e. The number of amides is 6. The van der Waals surface area contributed by atoms with Crippen LogP contribution in [0.2, 0.25) is 0 Å². The second-order valence-electron chi connectivity index (χ2n) is 25.4. The lowest BCUT2D eigenvalue weighted by Gasteiger charge is -2.50. The van der Waals surface area contributed by atoms with Crippen molar-refractivity contribution in [2.24, 2.45) is 0 Å². The summed E-state index contributed by atoms with van der Waals surface area (Å²) in [5.41, 5.74) is -6.19. The number of likely N-dealkylation sites (N-methyl/N-ethyl adjacent to an activating group) is 1. The van der Waals surface area contributed by atoms with Gasteiger partial charge in [-0.25, -0.2) is 24.0 Å². The zero-order valence-corrected chi connectivity index (χ0v) is 49.6. The fourth-order valence-corrected chi connectivity index (χ4v) is 8.55. The van der Waals surface area contributed by atoms with Crippen molar-refractivity contribution in [3.63, 3.8) is 0 Å². The van der Waals surface area contributed by atoms with Crippen molar-refractivity contribution < 1.29 is 91.8 Å². The molecule has 26 nitrogen and oxygen atoms in total. The molecule has 1 saturated heterocycles. The maximum absolute atomic E-state index is 13.9. The summed E-state index contributed by atoms with van der Waals surface area (Å²) in [6.07, 6.45) is -12.3. The number of alkyl carbamates (subject to hydrolysis) is 4. The number of carbonyl (C=O) groups excluding carboxylic acids is 6. The third-order valence-electron chi connectivity index (χ3n) is 11.7. The first-order valence-electron chi connectivity index (χ1n) is 27.1. The Labute approximate surface area is 465 Å². The number of nitrogens with one attached hydrogen (secondary N) is 6.